The lowest BCUT2D eigenvalue weighted by molar-refractivity contribution is 0.0467. The fourth-order valence-electron chi connectivity index (χ4n) is 2.34. The molecule has 0 saturated heterocycles. The lowest BCUT2D eigenvalue weighted by atomic mass is 9.97. The van der Waals surface area contributed by atoms with Crippen LogP contribution in [0.1, 0.15) is 52.9 Å². The lowest BCUT2D eigenvalue weighted by Crippen LogP contribution is -2.42. The molecule has 16 heavy (non-hydrogen) atoms. The van der Waals surface area contributed by atoms with Crippen LogP contribution in [-0.4, -0.2) is 25.8 Å². The maximum atomic E-state index is 5.70. The van der Waals surface area contributed by atoms with Crippen LogP contribution in [0.2, 0.25) is 0 Å². The second-order valence-electron chi connectivity index (χ2n) is 5.57. The van der Waals surface area contributed by atoms with Crippen LogP contribution in [0.3, 0.4) is 0 Å². The molecular formula is C14H29NO. The Morgan fingerprint density at radius 3 is 2.38 bits per heavy atom. The molecule has 0 bridgehead atoms. The van der Waals surface area contributed by atoms with Crippen LogP contribution in [0, 0.1) is 11.8 Å². The van der Waals surface area contributed by atoms with Crippen molar-refractivity contribution in [2.24, 2.45) is 11.8 Å². The third-order valence-electron chi connectivity index (χ3n) is 3.47. The molecule has 2 atom stereocenters. The fourth-order valence-corrected chi connectivity index (χ4v) is 2.34. The zero-order valence-electron chi connectivity index (χ0n) is 11.5. The smallest absolute Gasteiger partial charge is 0.0752 e. The van der Waals surface area contributed by atoms with Crippen molar-refractivity contribution in [3.05, 3.63) is 0 Å². The summed E-state index contributed by atoms with van der Waals surface area (Å²) in [4.78, 5) is 0. The summed E-state index contributed by atoms with van der Waals surface area (Å²) in [5, 5.41) is 3.67. The molecule has 0 spiro atoms. The predicted octanol–water partition coefficient (Wildman–Crippen LogP) is 3.22. The van der Waals surface area contributed by atoms with E-state index in [-0.39, 0.29) is 0 Å². The van der Waals surface area contributed by atoms with Gasteiger partial charge in [0.25, 0.3) is 0 Å². The average molecular weight is 227 g/mol. The number of nitrogens with one attached hydrogen (secondary N) is 1. The minimum Gasteiger partial charge on any atom is -0.380 e. The highest BCUT2D eigenvalue weighted by molar-refractivity contribution is 4.90. The van der Waals surface area contributed by atoms with Gasteiger partial charge in [0.2, 0.25) is 0 Å². The van der Waals surface area contributed by atoms with E-state index in [9.17, 15) is 0 Å². The van der Waals surface area contributed by atoms with E-state index in [1.165, 1.54) is 32.1 Å². The van der Waals surface area contributed by atoms with Crippen molar-refractivity contribution in [2.45, 2.75) is 65.0 Å². The summed E-state index contributed by atoms with van der Waals surface area (Å²) in [6, 6.07) is 0.569. The second-order valence-corrected chi connectivity index (χ2v) is 5.57. The molecule has 1 aliphatic carbocycles. The molecule has 2 nitrogen and oxygen atoms in total. The Kier molecular flexibility index (Phi) is 6.37. The van der Waals surface area contributed by atoms with Gasteiger partial charge in [-0.1, -0.05) is 20.8 Å². The minimum absolute atomic E-state index is 0.449. The van der Waals surface area contributed by atoms with Crippen molar-refractivity contribution in [3.63, 3.8) is 0 Å². The van der Waals surface area contributed by atoms with Crippen molar-refractivity contribution < 1.29 is 4.74 Å². The molecule has 1 fully saturated rings. The summed E-state index contributed by atoms with van der Waals surface area (Å²) in [5.74, 6) is 1.62. The first-order valence-electron chi connectivity index (χ1n) is 6.95. The highest BCUT2D eigenvalue weighted by Gasteiger charge is 2.36. The highest BCUT2D eigenvalue weighted by atomic mass is 16.5. The molecule has 1 N–H and O–H groups in total. The summed E-state index contributed by atoms with van der Waals surface area (Å²) in [6.45, 7) is 7.95. The number of ether oxygens (including phenoxy) is 1. The topological polar surface area (TPSA) is 21.3 Å². The molecule has 0 aromatic heterocycles. The third-order valence-corrected chi connectivity index (χ3v) is 3.47. The van der Waals surface area contributed by atoms with Crippen LogP contribution in [-0.2, 0) is 4.74 Å². The SMILES string of the molecule is CCCNC(CCC(C)C)C(OC)C1CC1. The number of hydrogen-bond donors (Lipinski definition) is 1. The van der Waals surface area contributed by atoms with Crippen LogP contribution in [0.5, 0.6) is 0 Å². The summed E-state index contributed by atoms with van der Waals surface area (Å²) in [7, 11) is 1.87. The Morgan fingerprint density at radius 2 is 1.94 bits per heavy atom. The Morgan fingerprint density at radius 1 is 1.25 bits per heavy atom. The van der Waals surface area contributed by atoms with Gasteiger partial charge in [-0.3, -0.25) is 0 Å². The van der Waals surface area contributed by atoms with Gasteiger partial charge in [-0.05, 0) is 50.5 Å². The van der Waals surface area contributed by atoms with E-state index in [1.54, 1.807) is 0 Å². The maximum Gasteiger partial charge on any atom is 0.0752 e. The summed E-state index contributed by atoms with van der Waals surface area (Å²) < 4.78 is 5.70. The van der Waals surface area contributed by atoms with Crippen LogP contribution >= 0.6 is 0 Å². The van der Waals surface area contributed by atoms with Gasteiger partial charge in [-0.25, -0.2) is 0 Å². The molecule has 0 heterocycles. The molecule has 0 aromatic carbocycles. The van der Waals surface area contributed by atoms with Crippen molar-refractivity contribution in [1.29, 1.82) is 0 Å². The zero-order valence-corrected chi connectivity index (χ0v) is 11.5. The van der Waals surface area contributed by atoms with E-state index >= 15 is 0 Å². The van der Waals surface area contributed by atoms with Gasteiger partial charge in [0.05, 0.1) is 6.10 Å². The van der Waals surface area contributed by atoms with Crippen LogP contribution in [0.4, 0.5) is 0 Å². The van der Waals surface area contributed by atoms with Crippen molar-refractivity contribution >= 4 is 0 Å². The van der Waals surface area contributed by atoms with Crippen molar-refractivity contribution in [2.75, 3.05) is 13.7 Å². The predicted molar refractivity (Wildman–Crippen MR) is 69.7 cm³/mol. The van der Waals surface area contributed by atoms with Crippen molar-refractivity contribution in [3.8, 4) is 0 Å². The number of rotatable bonds is 9. The molecule has 1 saturated carbocycles. The minimum atomic E-state index is 0.449. The van der Waals surface area contributed by atoms with Crippen LogP contribution in [0.15, 0.2) is 0 Å². The van der Waals surface area contributed by atoms with Crippen LogP contribution in [0.25, 0.3) is 0 Å². The van der Waals surface area contributed by atoms with E-state index < -0.39 is 0 Å². The van der Waals surface area contributed by atoms with Gasteiger partial charge in [-0.2, -0.15) is 0 Å². The van der Waals surface area contributed by atoms with Gasteiger partial charge < -0.3 is 10.1 Å². The maximum absolute atomic E-state index is 5.70. The Balaban J connectivity index is 2.39. The van der Waals surface area contributed by atoms with E-state index in [1.807, 2.05) is 7.11 Å². The second kappa shape index (κ2) is 7.29. The quantitative estimate of drug-likeness (QED) is 0.653. The fraction of sp³-hybridized carbons (Fsp3) is 1.00. The number of hydrogen-bond acceptors (Lipinski definition) is 2. The van der Waals surface area contributed by atoms with E-state index in [2.05, 4.69) is 26.1 Å². The van der Waals surface area contributed by atoms with E-state index in [4.69, 9.17) is 4.74 Å². The monoisotopic (exact) mass is 227 g/mol. The Hall–Kier alpha value is -0.0800. The largest absolute Gasteiger partial charge is 0.380 e. The Bertz CT molecular complexity index is 178. The average Bonchev–Trinajstić information content (AvgIpc) is 3.06. The lowest BCUT2D eigenvalue weighted by Gasteiger charge is -2.27. The molecule has 1 aliphatic rings. The van der Waals surface area contributed by atoms with Gasteiger partial charge in [0.1, 0.15) is 0 Å². The van der Waals surface area contributed by atoms with Gasteiger partial charge in [-0.15, -0.1) is 0 Å². The molecule has 0 amide bonds. The molecule has 0 aromatic rings. The van der Waals surface area contributed by atoms with Gasteiger partial charge in [0, 0.05) is 13.2 Å². The van der Waals surface area contributed by atoms with Crippen molar-refractivity contribution in [1.82, 2.24) is 5.32 Å². The first-order valence-corrected chi connectivity index (χ1v) is 6.95. The van der Waals surface area contributed by atoms with Crippen LogP contribution < -0.4 is 5.32 Å². The molecule has 0 aliphatic heterocycles. The molecule has 0 radical (unpaired) electrons. The number of methoxy groups -OCH3 is 1. The molecule has 1 rings (SSSR count). The van der Waals surface area contributed by atoms with Gasteiger partial charge >= 0.3 is 0 Å². The van der Waals surface area contributed by atoms with E-state index in [0.29, 0.717) is 12.1 Å². The third kappa shape index (κ3) is 4.84. The molecule has 2 unspecified atom stereocenters. The Labute approximate surface area is 101 Å². The molecule has 96 valence electrons. The normalized spacial score (nSPS) is 20.1. The summed E-state index contributed by atoms with van der Waals surface area (Å²) in [5.41, 5.74) is 0. The summed E-state index contributed by atoms with van der Waals surface area (Å²) >= 11 is 0. The van der Waals surface area contributed by atoms with Gasteiger partial charge in [0.15, 0.2) is 0 Å². The zero-order chi connectivity index (χ0) is 12.0. The molecule has 2 heteroatoms. The first kappa shape index (κ1) is 14.0. The molecular weight excluding hydrogens is 198 g/mol. The first-order chi connectivity index (χ1) is 7.69. The van der Waals surface area contributed by atoms with E-state index in [0.717, 1.165) is 18.4 Å². The highest BCUT2D eigenvalue weighted by Crippen LogP contribution is 2.36. The standard InChI is InChI=1S/C14H29NO/c1-5-10-15-13(9-6-11(2)3)14(16-4)12-7-8-12/h11-15H,5-10H2,1-4H3. The summed E-state index contributed by atoms with van der Waals surface area (Å²) in [6.07, 6.45) is 6.94.